The fourth-order valence-electron chi connectivity index (χ4n) is 2.67. The summed E-state index contributed by atoms with van der Waals surface area (Å²) >= 11 is 1.68. The molecule has 1 aromatic carbocycles. The molecule has 3 rings (SSSR count). The summed E-state index contributed by atoms with van der Waals surface area (Å²) in [6.07, 6.45) is 0.945. The van der Waals surface area contributed by atoms with Crippen LogP contribution in [0, 0.1) is 6.07 Å². The third kappa shape index (κ3) is 2.41. The molecule has 1 aromatic heterocycles. The van der Waals surface area contributed by atoms with E-state index in [1.807, 2.05) is 18.2 Å². The van der Waals surface area contributed by atoms with E-state index in [1.165, 1.54) is 11.1 Å². The van der Waals surface area contributed by atoms with E-state index in [0.717, 1.165) is 25.1 Å². The summed E-state index contributed by atoms with van der Waals surface area (Å²) in [7, 11) is 0. The second-order valence-electron chi connectivity index (χ2n) is 4.78. The molecule has 0 fully saturated rings. The van der Waals surface area contributed by atoms with Crippen molar-refractivity contribution in [2.75, 3.05) is 6.54 Å². The first kappa shape index (κ1) is 12.4. The molecule has 0 aliphatic carbocycles. The molecule has 1 amide bonds. The van der Waals surface area contributed by atoms with Crippen LogP contribution in [-0.4, -0.2) is 17.4 Å². The van der Waals surface area contributed by atoms with Crippen LogP contribution in [0.2, 0.25) is 0 Å². The van der Waals surface area contributed by atoms with Crippen molar-refractivity contribution in [3.05, 3.63) is 57.8 Å². The smallest absolute Gasteiger partial charge is 0.239 e. The first-order valence-corrected chi connectivity index (χ1v) is 7.23. The fraction of sp³-hybridized carbons (Fsp3) is 0.267. The summed E-state index contributed by atoms with van der Waals surface area (Å²) in [5, 5.41) is 4.17. The minimum Gasteiger partial charge on any atom is -0.368 e. The van der Waals surface area contributed by atoms with E-state index in [-0.39, 0.29) is 11.9 Å². The van der Waals surface area contributed by atoms with Gasteiger partial charge >= 0.3 is 0 Å². The third-order valence-corrected chi connectivity index (χ3v) is 4.28. The third-order valence-electron chi connectivity index (χ3n) is 3.55. The number of amides is 1. The molecule has 19 heavy (non-hydrogen) atoms. The molecule has 97 valence electrons. The van der Waals surface area contributed by atoms with Gasteiger partial charge in [-0.25, -0.2) is 0 Å². The Balaban J connectivity index is 1.92. The molecule has 2 heterocycles. The quantitative estimate of drug-likeness (QED) is 0.929. The van der Waals surface area contributed by atoms with Crippen LogP contribution < -0.4 is 5.73 Å². The number of hydrogen-bond donors (Lipinski definition) is 1. The lowest BCUT2D eigenvalue weighted by Crippen LogP contribution is -2.42. The van der Waals surface area contributed by atoms with Gasteiger partial charge in [0.25, 0.3) is 0 Å². The normalized spacial score (nSPS) is 19.1. The Bertz CT molecular complexity index is 580. The predicted molar refractivity (Wildman–Crippen MR) is 75.6 cm³/mol. The van der Waals surface area contributed by atoms with Crippen LogP contribution in [0.25, 0.3) is 0 Å². The molecule has 1 aliphatic heterocycles. The molecule has 4 heteroatoms. The Labute approximate surface area is 116 Å². The largest absolute Gasteiger partial charge is 0.368 e. The maximum absolute atomic E-state index is 11.8. The highest BCUT2D eigenvalue weighted by atomic mass is 32.1. The van der Waals surface area contributed by atoms with Gasteiger partial charge in [-0.05, 0) is 46.0 Å². The number of carbonyl (C=O) groups is 1. The second-order valence-corrected chi connectivity index (χ2v) is 5.56. The summed E-state index contributed by atoms with van der Waals surface area (Å²) in [5.41, 5.74) is 9.07. The molecule has 0 saturated carbocycles. The van der Waals surface area contributed by atoms with Crippen LogP contribution >= 0.6 is 11.3 Å². The van der Waals surface area contributed by atoms with Gasteiger partial charge < -0.3 is 5.73 Å². The lowest BCUT2D eigenvalue weighted by atomic mass is 9.92. The molecule has 0 saturated heterocycles. The van der Waals surface area contributed by atoms with E-state index in [9.17, 15) is 4.79 Å². The first-order chi connectivity index (χ1) is 9.25. The van der Waals surface area contributed by atoms with Gasteiger partial charge in [0.1, 0.15) is 6.04 Å². The van der Waals surface area contributed by atoms with Crippen molar-refractivity contribution >= 4 is 17.2 Å². The topological polar surface area (TPSA) is 46.3 Å². The molecule has 1 unspecified atom stereocenters. The van der Waals surface area contributed by atoms with Gasteiger partial charge in [-0.1, -0.05) is 18.2 Å². The van der Waals surface area contributed by atoms with Crippen LogP contribution in [-0.2, 0) is 17.8 Å². The van der Waals surface area contributed by atoms with Gasteiger partial charge in [0.05, 0.1) is 0 Å². The zero-order valence-electron chi connectivity index (χ0n) is 10.5. The zero-order valence-corrected chi connectivity index (χ0v) is 11.3. The molecular formula is C15H15N2OS. The van der Waals surface area contributed by atoms with Gasteiger partial charge in [0.2, 0.25) is 5.91 Å². The van der Waals surface area contributed by atoms with Gasteiger partial charge in [0, 0.05) is 13.1 Å². The monoisotopic (exact) mass is 271 g/mol. The van der Waals surface area contributed by atoms with Gasteiger partial charge in [-0.3, -0.25) is 9.69 Å². The lowest BCUT2D eigenvalue weighted by Gasteiger charge is -2.35. The summed E-state index contributed by atoms with van der Waals surface area (Å²) < 4.78 is 0. The van der Waals surface area contributed by atoms with E-state index in [2.05, 4.69) is 27.8 Å². The number of hydrogen-bond acceptors (Lipinski definition) is 3. The number of carbonyl (C=O) groups excluding carboxylic acids is 1. The minimum atomic E-state index is -0.321. The maximum Gasteiger partial charge on any atom is 0.239 e. The van der Waals surface area contributed by atoms with Crippen molar-refractivity contribution < 1.29 is 4.79 Å². The Kier molecular flexibility index (Phi) is 3.36. The number of benzene rings is 1. The highest BCUT2D eigenvalue weighted by molar-refractivity contribution is 7.07. The molecule has 1 radical (unpaired) electrons. The van der Waals surface area contributed by atoms with Crippen molar-refractivity contribution in [1.82, 2.24) is 4.90 Å². The van der Waals surface area contributed by atoms with Crippen molar-refractivity contribution in [3.8, 4) is 0 Å². The highest BCUT2D eigenvalue weighted by Gasteiger charge is 2.31. The van der Waals surface area contributed by atoms with E-state index >= 15 is 0 Å². The number of thiophene rings is 1. The minimum absolute atomic E-state index is 0.276. The molecule has 1 atom stereocenters. The van der Waals surface area contributed by atoms with E-state index < -0.39 is 0 Å². The average molecular weight is 271 g/mol. The Morgan fingerprint density at radius 1 is 1.53 bits per heavy atom. The summed E-state index contributed by atoms with van der Waals surface area (Å²) in [5.74, 6) is -0.276. The molecule has 2 N–H and O–H groups in total. The molecule has 1 aliphatic rings. The predicted octanol–water partition coefficient (Wildman–Crippen LogP) is 2.13. The summed E-state index contributed by atoms with van der Waals surface area (Å²) in [6.45, 7) is 1.63. The van der Waals surface area contributed by atoms with E-state index in [4.69, 9.17) is 5.73 Å². The van der Waals surface area contributed by atoms with Gasteiger partial charge in [0.15, 0.2) is 0 Å². The number of rotatable bonds is 3. The maximum atomic E-state index is 11.8. The van der Waals surface area contributed by atoms with Crippen molar-refractivity contribution in [2.24, 2.45) is 5.73 Å². The Morgan fingerprint density at radius 3 is 3.16 bits per heavy atom. The zero-order chi connectivity index (χ0) is 13.2. The number of primary amides is 1. The summed E-state index contributed by atoms with van der Waals surface area (Å²) in [4.78, 5) is 14.0. The SMILES string of the molecule is NC(=O)C1c2cc[c]cc2CCN1Cc1ccsc1. The Hall–Kier alpha value is -1.65. The average Bonchev–Trinajstić information content (AvgIpc) is 2.91. The second kappa shape index (κ2) is 5.15. The molecular weight excluding hydrogens is 256 g/mol. The number of fused-ring (bicyclic) bond motifs is 1. The van der Waals surface area contributed by atoms with Crippen molar-refractivity contribution in [3.63, 3.8) is 0 Å². The molecule has 2 aromatic rings. The molecule has 3 nitrogen and oxygen atoms in total. The van der Waals surface area contributed by atoms with Gasteiger partial charge in [-0.15, -0.1) is 0 Å². The number of nitrogens with two attached hydrogens (primary N) is 1. The highest BCUT2D eigenvalue weighted by Crippen LogP contribution is 2.30. The van der Waals surface area contributed by atoms with Crippen LogP contribution in [0.15, 0.2) is 35.0 Å². The van der Waals surface area contributed by atoms with Crippen LogP contribution in [0.4, 0.5) is 0 Å². The standard InChI is InChI=1S/C15H15N2OS/c16-15(18)14-13-4-2-1-3-12(13)5-7-17(14)9-11-6-8-19-10-11/h2-4,6,8,10,14H,5,7,9H2,(H2,16,18). The summed E-state index contributed by atoms with van der Waals surface area (Å²) in [6, 6.07) is 10.6. The lowest BCUT2D eigenvalue weighted by molar-refractivity contribution is -0.124. The Morgan fingerprint density at radius 2 is 2.42 bits per heavy atom. The molecule has 0 spiro atoms. The van der Waals surface area contributed by atoms with Crippen LogP contribution in [0.1, 0.15) is 22.7 Å². The van der Waals surface area contributed by atoms with Gasteiger partial charge in [-0.2, -0.15) is 11.3 Å². The van der Waals surface area contributed by atoms with Crippen LogP contribution in [0.3, 0.4) is 0 Å². The molecule has 0 bridgehead atoms. The number of nitrogens with zero attached hydrogens (tertiary/aromatic N) is 1. The van der Waals surface area contributed by atoms with Crippen molar-refractivity contribution in [1.29, 1.82) is 0 Å². The first-order valence-electron chi connectivity index (χ1n) is 6.29. The fourth-order valence-corrected chi connectivity index (χ4v) is 3.33. The van der Waals surface area contributed by atoms with E-state index in [0.29, 0.717) is 0 Å². The van der Waals surface area contributed by atoms with E-state index in [1.54, 1.807) is 11.3 Å². The van der Waals surface area contributed by atoms with Crippen LogP contribution in [0.5, 0.6) is 0 Å². The van der Waals surface area contributed by atoms with Crippen molar-refractivity contribution in [2.45, 2.75) is 19.0 Å².